The first-order chi connectivity index (χ1) is 12.5. The van der Waals surface area contributed by atoms with Crippen molar-refractivity contribution in [2.75, 3.05) is 33.8 Å². The highest BCUT2D eigenvalue weighted by molar-refractivity contribution is 5.96. The predicted octanol–water partition coefficient (Wildman–Crippen LogP) is 0.462. The van der Waals surface area contributed by atoms with Gasteiger partial charge in [-0.2, -0.15) is 0 Å². The van der Waals surface area contributed by atoms with Gasteiger partial charge in [-0.25, -0.2) is 0 Å². The summed E-state index contributed by atoms with van der Waals surface area (Å²) in [5.74, 6) is -2.03. The number of amides is 3. The second-order valence-corrected chi connectivity index (χ2v) is 7.24. The topological polar surface area (TPSA) is 105 Å². The number of ether oxygens (including phenoxy) is 1. The average Bonchev–Trinajstić information content (AvgIpc) is 2.61. The van der Waals surface area contributed by atoms with E-state index in [1.165, 1.54) is 4.90 Å². The first-order valence-corrected chi connectivity index (χ1v) is 8.52. The van der Waals surface area contributed by atoms with Crippen LogP contribution in [-0.2, 0) is 24.5 Å². The first kappa shape index (κ1) is 22.1. The fourth-order valence-corrected chi connectivity index (χ4v) is 1.96. The van der Waals surface area contributed by atoms with Crippen molar-refractivity contribution in [1.29, 1.82) is 0 Å². The van der Waals surface area contributed by atoms with E-state index in [0.29, 0.717) is 5.56 Å². The van der Waals surface area contributed by atoms with Crippen molar-refractivity contribution in [1.82, 2.24) is 15.5 Å². The summed E-state index contributed by atoms with van der Waals surface area (Å²) in [5.41, 5.74) is 1.50. The van der Waals surface area contributed by atoms with Crippen LogP contribution in [0.3, 0.4) is 0 Å². The van der Waals surface area contributed by atoms with Crippen LogP contribution in [0.2, 0.25) is 0 Å². The molecule has 27 heavy (non-hydrogen) atoms. The van der Waals surface area contributed by atoms with Gasteiger partial charge in [0.1, 0.15) is 6.54 Å². The summed E-state index contributed by atoms with van der Waals surface area (Å²) in [6.07, 6.45) is 0. The van der Waals surface area contributed by atoms with E-state index in [9.17, 15) is 19.2 Å². The van der Waals surface area contributed by atoms with E-state index < -0.39 is 24.4 Å². The molecular weight excluding hydrogens is 350 g/mol. The summed E-state index contributed by atoms with van der Waals surface area (Å²) in [6, 6.07) is 7.12. The molecule has 0 aliphatic carbocycles. The maximum Gasteiger partial charge on any atom is 0.325 e. The lowest BCUT2D eigenvalue weighted by atomic mass is 9.87. The number of nitrogens with one attached hydrogen (secondary N) is 2. The molecule has 0 atom stereocenters. The van der Waals surface area contributed by atoms with Crippen molar-refractivity contribution in [3.63, 3.8) is 0 Å². The van der Waals surface area contributed by atoms with Crippen LogP contribution in [0.4, 0.5) is 0 Å². The van der Waals surface area contributed by atoms with Crippen molar-refractivity contribution >= 4 is 23.7 Å². The van der Waals surface area contributed by atoms with Crippen molar-refractivity contribution < 1.29 is 23.9 Å². The van der Waals surface area contributed by atoms with Crippen LogP contribution in [-0.4, -0.2) is 62.4 Å². The van der Waals surface area contributed by atoms with E-state index in [-0.39, 0.29) is 24.4 Å². The molecule has 0 heterocycles. The van der Waals surface area contributed by atoms with E-state index >= 15 is 0 Å². The number of hydrogen-bond donors (Lipinski definition) is 2. The molecule has 0 bridgehead atoms. The van der Waals surface area contributed by atoms with E-state index in [1.807, 2.05) is 12.1 Å². The van der Waals surface area contributed by atoms with Crippen LogP contribution in [0.25, 0.3) is 0 Å². The van der Waals surface area contributed by atoms with Gasteiger partial charge in [0.15, 0.2) is 6.61 Å². The summed E-state index contributed by atoms with van der Waals surface area (Å²) in [7, 11) is 3.13. The second kappa shape index (κ2) is 9.70. The van der Waals surface area contributed by atoms with Crippen LogP contribution < -0.4 is 10.6 Å². The highest BCUT2D eigenvalue weighted by Crippen LogP contribution is 2.22. The normalized spacial score (nSPS) is 10.7. The van der Waals surface area contributed by atoms with Crippen LogP contribution in [0, 0.1) is 0 Å². The highest BCUT2D eigenvalue weighted by atomic mass is 16.5. The number of nitrogens with zero attached hydrogens (tertiary/aromatic N) is 1. The van der Waals surface area contributed by atoms with Crippen LogP contribution in [0.5, 0.6) is 0 Å². The average molecular weight is 377 g/mol. The molecule has 0 saturated heterocycles. The maximum atomic E-state index is 12.0. The Balaban J connectivity index is 2.36. The largest absolute Gasteiger partial charge is 0.454 e. The number of esters is 1. The lowest BCUT2D eigenvalue weighted by Crippen LogP contribution is -2.39. The van der Waals surface area contributed by atoms with Gasteiger partial charge < -0.3 is 20.3 Å². The van der Waals surface area contributed by atoms with Gasteiger partial charge in [0.2, 0.25) is 5.91 Å². The number of carbonyl (C=O) groups excluding carboxylic acids is 4. The molecule has 0 aliphatic rings. The van der Waals surface area contributed by atoms with E-state index in [0.717, 1.165) is 5.56 Å². The molecule has 148 valence electrons. The van der Waals surface area contributed by atoms with Crippen molar-refractivity contribution in [3.05, 3.63) is 35.4 Å². The molecule has 0 unspecified atom stereocenters. The quantitative estimate of drug-likeness (QED) is 0.672. The van der Waals surface area contributed by atoms with Crippen LogP contribution in [0.1, 0.15) is 36.7 Å². The van der Waals surface area contributed by atoms with Crippen molar-refractivity contribution in [2.24, 2.45) is 0 Å². The Kier molecular flexibility index (Phi) is 7.96. The van der Waals surface area contributed by atoms with E-state index in [1.54, 1.807) is 26.2 Å². The molecule has 1 rings (SSSR count). The number of likely N-dealkylation sites (N-methyl/N-ethyl adjacent to an activating group) is 1. The Labute approximate surface area is 159 Å². The monoisotopic (exact) mass is 377 g/mol. The lowest BCUT2D eigenvalue weighted by molar-refractivity contribution is -0.147. The van der Waals surface area contributed by atoms with Gasteiger partial charge in [-0.05, 0) is 23.1 Å². The molecule has 3 amide bonds. The molecule has 0 aliphatic heterocycles. The number of rotatable bonds is 7. The first-order valence-electron chi connectivity index (χ1n) is 8.52. The molecule has 0 saturated carbocycles. The van der Waals surface area contributed by atoms with Crippen LogP contribution >= 0.6 is 0 Å². The minimum atomic E-state index is -0.747. The standard InChI is InChI=1S/C19H27N3O5/c1-19(2,3)14-8-6-13(7-9-14)18(26)21-11-17(25)27-12-15(23)20-10-16(24)22(4)5/h6-9H,10-12H2,1-5H3,(H,20,23)(H,21,26). The van der Waals surface area contributed by atoms with Gasteiger partial charge >= 0.3 is 5.97 Å². The summed E-state index contributed by atoms with van der Waals surface area (Å²) in [5, 5.41) is 4.77. The Morgan fingerprint density at radius 1 is 0.963 bits per heavy atom. The van der Waals surface area contributed by atoms with Gasteiger partial charge in [-0.3, -0.25) is 19.2 Å². The molecule has 1 aromatic rings. The molecule has 8 nitrogen and oxygen atoms in total. The summed E-state index contributed by atoms with van der Waals surface area (Å²) < 4.78 is 4.76. The van der Waals surface area contributed by atoms with Crippen LogP contribution in [0.15, 0.2) is 24.3 Å². The third-order valence-electron chi connectivity index (χ3n) is 3.71. The SMILES string of the molecule is CN(C)C(=O)CNC(=O)COC(=O)CNC(=O)c1ccc(C(C)(C)C)cc1. The van der Waals surface area contributed by atoms with Gasteiger partial charge in [0, 0.05) is 19.7 Å². The molecular formula is C19H27N3O5. The highest BCUT2D eigenvalue weighted by Gasteiger charge is 2.15. The third-order valence-corrected chi connectivity index (χ3v) is 3.71. The third kappa shape index (κ3) is 7.89. The Hall–Kier alpha value is -2.90. The molecule has 0 fully saturated rings. The zero-order chi connectivity index (χ0) is 20.6. The van der Waals surface area contributed by atoms with Gasteiger partial charge in [0.25, 0.3) is 11.8 Å². The van der Waals surface area contributed by atoms with Gasteiger partial charge in [-0.15, -0.1) is 0 Å². The van der Waals surface area contributed by atoms with Gasteiger partial charge in [-0.1, -0.05) is 32.9 Å². The Morgan fingerprint density at radius 2 is 1.56 bits per heavy atom. The summed E-state index contributed by atoms with van der Waals surface area (Å²) in [4.78, 5) is 47.8. The van der Waals surface area contributed by atoms with E-state index in [4.69, 9.17) is 4.74 Å². The minimum Gasteiger partial charge on any atom is -0.454 e. The summed E-state index contributed by atoms with van der Waals surface area (Å²) in [6.45, 7) is 5.17. The molecule has 0 radical (unpaired) electrons. The van der Waals surface area contributed by atoms with Gasteiger partial charge in [0.05, 0.1) is 6.54 Å². The molecule has 8 heteroatoms. The Bertz CT molecular complexity index is 690. The molecule has 0 spiro atoms. The van der Waals surface area contributed by atoms with Crippen molar-refractivity contribution in [3.8, 4) is 0 Å². The molecule has 1 aromatic carbocycles. The number of hydrogen-bond acceptors (Lipinski definition) is 5. The fourth-order valence-electron chi connectivity index (χ4n) is 1.96. The number of benzene rings is 1. The Morgan fingerprint density at radius 3 is 2.07 bits per heavy atom. The zero-order valence-corrected chi connectivity index (χ0v) is 16.4. The summed E-state index contributed by atoms with van der Waals surface area (Å²) >= 11 is 0. The predicted molar refractivity (Wildman–Crippen MR) is 100 cm³/mol. The van der Waals surface area contributed by atoms with E-state index in [2.05, 4.69) is 31.4 Å². The maximum absolute atomic E-state index is 12.0. The number of carbonyl (C=O) groups is 4. The molecule has 2 N–H and O–H groups in total. The fraction of sp³-hybridized carbons (Fsp3) is 0.474. The zero-order valence-electron chi connectivity index (χ0n) is 16.4. The molecule has 0 aromatic heterocycles. The second-order valence-electron chi connectivity index (χ2n) is 7.24. The minimum absolute atomic E-state index is 0.0173. The smallest absolute Gasteiger partial charge is 0.325 e. The lowest BCUT2D eigenvalue weighted by Gasteiger charge is -2.19. The van der Waals surface area contributed by atoms with Crippen molar-refractivity contribution in [2.45, 2.75) is 26.2 Å².